The summed E-state index contributed by atoms with van der Waals surface area (Å²) in [5, 5.41) is 13.8. The van der Waals surface area contributed by atoms with E-state index in [1.807, 2.05) is 0 Å². The van der Waals surface area contributed by atoms with Gasteiger partial charge in [-0.2, -0.15) is 23.4 Å². The van der Waals surface area contributed by atoms with Gasteiger partial charge in [0.25, 0.3) is 5.91 Å². The van der Waals surface area contributed by atoms with Crippen molar-refractivity contribution in [1.29, 1.82) is 0 Å². The number of hydrogen-bond donors (Lipinski definition) is 2. The van der Waals surface area contributed by atoms with Crippen LogP contribution in [0.4, 0.5) is 26.3 Å². The minimum atomic E-state index is -4.44. The van der Waals surface area contributed by atoms with Gasteiger partial charge in [0.2, 0.25) is 11.8 Å². The number of rotatable bonds is 10. The number of nitrogens with one attached hydrogen (secondary N) is 2. The van der Waals surface area contributed by atoms with Crippen LogP contribution in [0.5, 0.6) is 0 Å². The Balaban J connectivity index is 1.42. The van der Waals surface area contributed by atoms with E-state index >= 15 is 0 Å². The van der Waals surface area contributed by atoms with Crippen LogP contribution in [0.2, 0.25) is 0 Å². The number of alkyl halides is 5. The third-order valence-electron chi connectivity index (χ3n) is 8.06. The first-order chi connectivity index (χ1) is 20.2. The summed E-state index contributed by atoms with van der Waals surface area (Å²) in [4.78, 5) is 30.3. The fourth-order valence-electron chi connectivity index (χ4n) is 5.62. The number of aromatic nitrogens is 5. The molecule has 0 radical (unpaired) electrons. The highest BCUT2D eigenvalue weighted by Gasteiger charge is 2.40. The van der Waals surface area contributed by atoms with Gasteiger partial charge >= 0.3 is 6.18 Å². The van der Waals surface area contributed by atoms with Crippen molar-refractivity contribution >= 4 is 17.5 Å². The summed E-state index contributed by atoms with van der Waals surface area (Å²) in [5.74, 6) is -5.48. The zero-order valence-electron chi connectivity index (χ0n) is 23.7. The number of nitrogens with zero attached hydrogens (tertiary/aromatic N) is 5. The van der Waals surface area contributed by atoms with Crippen molar-refractivity contribution in [1.82, 2.24) is 35.0 Å². The molecule has 3 heterocycles. The Hall–Kier alpha value is -3.65. The molecule has 2 N–H and O–H groups in total. The molecule has 15 heteroatoms. The molecule has 2 atom stereocenters. The summed E-state index contributed by atoms with van der Waals surface area (Å²) >= 11 is 0. The molecule has 0 saturated heterocycles. The van der Waals surface area contributed by atoms with Crippen molar-refractivity contribution in [3.63, 3.8) is 0 Å². The summed E-state index contributed by atoms with van der Waals surface area (Å²) in [7, 11) is 0. The second-order valence-corrected chi connectivity index (χ2v) is 11.8. The number of carbonyl (C=O) groups excluding carboxylic acids is 2. The maximum Gasteiger partial charge on any atom is 0.389 e. The number of hydrogen-bond acceptors (Lipinski definition) is 5. The highest BCUT2D eigenvalue weighted by atomic mass is 19.4. The monoisotopic (exact) mass is 613 g/mol. The largest absolute Gasteiger partial charge is 0.389 e. The average Bonchev–Trinajstić information content (AvgIpc) is 3.56. The number of imidazole rings is 1. The van der Waals surface area contributed by atoms with Crippen LogP contribution in [0.3, 0.4) is 0 Å². The van der Waals surface area contributed by atoms with Crippen molar-refractivity contribution in [2.24, 2.45) is 11.8 Å². The highest BCUT2D eigenvalue weighted by molar-refractivity contribution is 5.93. The van der Waals surface area contributed by atoms with E-state index in [1.54, 1.807) is 26.1 Å². The lowest BCUT2D eigenvalue weighted by Crippen LogP contribution is -2.38. The van der Waals surface area contributed by atoms with E-state index in [9.17, 15) is 35.9 Å². The molecule has 2 aliphatic rings. The van der Waals surface area contributed by atoms with Crippen molar-refractivity contribution in [3.8, 4) is 0 Å². The van der Waals surface area contributed by atoms with Gasteiger partial charge < -0.3 is 10.6 Å². The third-order valence-corrected chi connectivity index (χ3v) is 8.06. The molecule has 3 aromatic rings. The van der Waals surface area contributed by atoms with Crippen molar-refractivity contribution in [2.75, 3.05) is 0 Å². The van der Waals surface area contributed by atoms with Crippen LogP contribution >= 0.6 is 0 Å². The Morgan fingerprint density at radius 3 is 2.33 bits per heavy atom. The number of amides is 2. The van der Waals surface area contributed by atoms with Crippen molar-refractivity contribution in [2.45, 2.75) is 95.4 Å². The molecule has 2 saturated carbocycles. The molecule has 1 unspecified atom stereocenters. The lowest BCUT2D eigenvalue weighted by atomic mass is 9.81. The molecule has 0 aromatic carbocycles. The summed E-state index contributed by atoms with van der Waals surface area (Å²) in [6.07, 6.45) is -1.30. The van der Waals surface area contributed by atoms with Crippen LogP contribution in [0.25, 0.3) is 5.65 Å². The topological polar surface area (TPSA) is 106 Å². The van der Waals surface area contributed by atoms with Crippen LogP contribution in [-0.2, 0) is 4.79 Å². The fraction of sp³-hybridized carbons (Fsp3) is 0.607. The Morgan fingerprint density at radius 1 is 1.02 bits per heavy atom. The van der Waals surface area contributed by atoms with Crippen molar-refractivity contribution in [3.05, 3.63) is 47.4 Å². The van der Waals surface area contributed by atoms with Gasteiger partial charge in [0.05, 0.1) is 42.8 Å². The maximum atomic E-state index is 14.6. The summed E-state index contributed by atoms with van der Waals surface area (Å²) < 4.78 is 83.1. The molecular weight excluding hydrogens is 580 g/mol. The first kappa shape index (κ1) is 30.8. The zero-order chi connectivity index (χ0) is 31.1. The van der Waals surface area contributed by atoms with Gasteiger partial charge in [0, 0.05) is 25.3 Å². The smallest absolute Gasteiger partial charge is 0.349 e. The SMILES string of the molecule is CC(C)n1ncc(F)c1C(=O)N[C@H](c1cn2ncc(C(NC(=O)CCC(F)(F)F)C3CC3)cc2n1)C1CCC(F)(F)CC1. The molecule has 9 nitrogen and oxygen atoms in total. The van der Waals surface area contributed by atoms with Gasteiger partial charge in [-0.1, -0.05) is 0 Å². The lowest BCUT2D eigenvalue weighted by Gasteiger charge is -2.33. The van der Waals surface area contributed by atoms with E-state index in [0.717, 1.165) is 19.0 Å². The molecule has 2 fully saturated rings. The zero-order valence-corrected chi connectivity index (χ0v) is 23.7. The molecule has 3 aromatic heterocycles. The van der Waals surface area contributed by atoms with Crippen LogP contribution in [-0.4, -0.2) is 48.3 Å². The molecule has 0 aliphatic heterocycles. The number of carbonyl (C=O) groups is 2. The van der Waals surface area contributed by atoms with Gasteiger partial charge in [0.1, 0.15) is 0 Å². The third kappa shape index (κ3) is 7.29. The van der Waals surface area contributed by atoms with Gasteiger partial charge in [-0.05, 0) is 63.0 Å². The van der Waals surface area contributed by atoms with Crippen LogP contribution < -0.4 is 10.6 Å². The molecular formula is C28H33F6N7O2. The second-order valence-electron chi connectivity index (χ2n) is 11.8. The predicted molar refractivity (Wildman–Crippen MR) is 142 cm³/mol. The molecule has 234 valence electrons. The Labute approximate surface area is 243 Å². The van der Waals surface area contributed by atoms with E-state index < -0.39 is 60.6 Å². The minimum Gasteiger partial charge on any atom is -0.349 e. The van der Waals surface area contributed by atoms with Gasteiger partial charge in [0.15, 0.2) is 17.2 Å². The van der Waals surface area contributed by atoms with Crippen LogP contribution in [0.15, 0.2) is 24.7 Å². The molecule has 43 heavy (non-hydrogen) atoms. The van der Waals surface area contributed by atoms with Gasteiger partial charge in [-0.25, -0.2) is 22.7 Å². The fourth-order valence-corrected chi connectivity index (χ4v) is 5.62. The standard InChI is InChI=1S/C28H33F6N7O2/c1-15(2)41-25(19(29)13-36-41)26(43)39-24(17-5-8-27(30,31)9-6-17)20-14-40-21(37-20)11-18(12-35-40)23(16-3-4-16)38-22(42)7-10-28(32,33)34/h11-17,23-24H,3-10H2,1-2H3,(H,38,42)(H,39,43)/t23?,24-/m0/s1. The first-order valence-electron chi connectivity index (χ1n) is 14.3. The predicted octanol–water partition coefficient (Wildman–Crippen LogP) is 5.85. The maximum absolute atomic E-state index is 14.6. The van der Waals surface area contributed by atoms with Gasteiger partial charge in [-0.3, -0.25) is 14.3 Å². The minimum absolute atomic E-state index is 0.0465. The lowest BCUT2D eigenvalue weighted by molar-refractivity contribution is -0.144. The molecule has 2 aliphatic carbocycles. The quantitative estimate of drug-likeness (QED) is 0.279. The normalized spacial score (nSPS) is 19.0. The van der Waals surface area contributed by atoms with E-state index in [1.165, 1.54) is 15.4 Å². The first-order valence-corrected chi connectivity index (χ1v) is 14.3. The van der Waals surface area contributed by atoms with E-state index in [-0.39, 0.29) is 43.3 Å². The molecule has 2 amide bonds. The molecule has 0 bridgehead atoms. The van der Waals surface area contributed by atoms with E-state index in [4.69, 9.17) is 0 Å². The highest BCUT2D eigenvalue weighted by Crippen LogP contribution is 2.43. The second kappa shape index (κ2) is 11.8. The molecule has 5 rings (SSSR count). The summed E-state index contributed by atoms with van der Waals surface area (Å²) in [5.41, 5.74) is 0.954. The van der Waals surface area contributed by atoms with Crippen LogP contribution in [0, 0.1) is 17.7 Å². The average molecular weight is 614 g/mol. The Kier molecular flexibility index (Phi) is 8.45. The Bertz CT molecular complexity index is 1470. The number of halogens is 6. The Morgan fingerprint density at radius 2 is 1.70 bits per heavy atom. The summed E-state index contributed by atoms with van der Waals surface area (Å²) in [6.45, 7) is 3.48. The van der Waals surface area contributed by atoms with Crippen LogP contribution in [0.1, 0.15) is 105 Å². The van der Waals surface area contributed by atoms with Crippen molar-refractivity contribution < 1.29 is 35.9 Å². The molecule has 0 spiro atoms. The summed E-state index contributed by atoms with van der Waals surface area (Å²) in [6, 6.07) is -0.0488. The number of fused-ring (bicyclic) bond motifs is 1. The van der Waals surface area contributed by atoms with E-state index in [2.05, 4.69) is 25.8 Å². The van der Waals surface area contributed by atoms with E-state index in [0.29, 0.717) is 16.9 Å². The van der Waals surface area contributed by atoms with Gasteiger partial charge in [-0.15, -0.1) is 0 Å².